The average Bonchev–Trinajstić information content (AvgIpc) is 2.60. The van der Waals surface area contributed by atoms with Gasteiger partial charge in [0.1, 0.15) is 0 Å². The Hall–Kier alpha value is -1.58. The van der Waals surface area contributed by atoms with E-state index < -0.39 is 0 Å². The standard InChI is InChI=1S/C19H28O4/c20-18(22-14-16-8-3-1-4-9-16)12-7-13-19(21)23-15-17-10-5-2-6-11-17/h1-3,5,16-17H,4,6-15H2. The number of hydrogen-bond donors (Lipinski definition) is 0. The molecule has 0 aromatic heterocycles. The first-order valence-corrected chi connectivity index (χ1v) is 8.85. The Balaban J connectivity index is 1.48. The lowest BCUT2D eigenvalue weighted by atomic mass is 9.95. The number of hydrogen-bond acceptors (Lipinski definition) is 4. The lowest BCUT2D eigenvalue weighted by Gasteiger charge is -2.17. The molecule has 0 aliphatic heterocycles. The van der Waals surface area contributed by atoms with Crippen LogP contribution < -0.4 is 0 Å². The Bertz CT molecular complexity index is 399. The van der Waals surface area contributed by atoms with Gasteiger partial charge in [-0.1, -0.05) is 24.3 Å². The van der Waals surface area contributed by atoms with E-state index in [0.29, 0.717) is 44.3 Å². The maximum atomic E-state index is 11.7. The monoisotopic (exact) mass is 320 g/mol. The summed E-state index contributed by atoms with van der Waals surface area (Å²) >= 11 is 0. The summed E-state index contributed by atoms with van der Waals surface area (Å²) in [5.41, 5.74) is 0. The van der Waals surface area contributed by atoms with Crippen LogP contribution >= 0.6 is 0 Å². The second-order valence-electron chi connectivity index (χ2n) is 6.52. The summed E-state index contributed by atoms with van der Waals surface area (Å²) in [5.74, 6) is 0.506. The first-order valence-electron chi connectivity index (χ1n) is 8.85. The van der Waals surface area contributed by atoms with E-state index in [9.17, 15) is 9.59 Å². The number of allylic oxidation sites excluding steroid dienone is 4. The van der Waals surface area contributed by atoms with Crippen molar-refractivity contribution in [1.82, 2.24) is 0 Å². The fourth-order valence-corrected chi connectivity index (χ4v) is 2.96. The third-order valence-corrected chi connectivity index (χ3v) is 4.48. The lowest BCUT2D eigenvalue weighted by Crippen LogP contribution is -2.16. The normalized spacial score (nSPS) is 23.5. The van der Waals surface area contributed by atoms with Gasteiger partial charge < -0.3 is 9.47 Å². The summed E-state index contributed by atoms with van der Waals surface area (Å²) < 4.78 is 10.6. The molecule has 0 amide bonds. The summed E-state index contributed by atoms with van der Waals surface area (Å²) in [4.78, 5) is 23.3. The van der Waals surface area contributed by atoms with Gasteiger partial charge in [0, 0.05) is 12.8 Å². The van der Waals surface area contributed by atoms with Crippen LogP contribution in [0.15, 0.2) is 24.3 Å². The third-order valence-electron chi connectivity index (χ3n) is 4.48. The van der Waals surface area contributed by atoms with Crippen molar-refractivity contribution < 1.29 is 19.1 Å². The molecule has 2 rings (SSSR count). The van der Waals surface area contributed by atoms with Gasteiger partial charge in [0.05, 0.1) is 13.2 Å². The first kappa shape index (κ1) is 17.8. The van der Waals surface area contributed by atoms with Gasteiger partial charge in [-0.15, -0.1) is 0 Å². The van der Waals surface area contributed by atoms with Crippen LogP contribution in [0.3, 0.4) is 0 Å². The topological polar surface area (TPSA) is 52.6 Å². The molecule has 2 aliphatic rings. The second-order valence-corrected chi connectivity index (χ2v) is 6.52. The average molecular weight is 320 g/mol. The van der Waals surface area contributed by atoms with Crippen LogP contribution in [0, 0.1) is 11.8 Å². The molecule has 0 saturated heterocycles. The summed E-state index contributed by atoms with van der Waals surface area (Å²) in [6.45, 7) is 1.01. The van der Waals surface area contributed by atoms with Gasteiger partial charge in [-0.2, -0.15) is 0 Å². The lowest BCUT2D eigenvalue weighted by molar-refractivity contribution is -0.147. The summed E-state index contributed by atoms with van der Waals surface area (Å²) in [6.07, 6.45) is 16.1. The van der Waals surface area contributed by atoms with E-state index in [-0.39, 0.29) is 11.9 Å². The van der Waals surface area contributed by atoms with E-state index in [2.05, 4.69) is 24.3 Å². The molecule has 2 unspecified atom stereocenters. The van der Waals surface area contributed by atoms with Gasteiger partial charge in [-0.25, -0.2) is 0 Å². The van der Waals surface area contributed by atoms with Crippen molar-refractivity contribution in [2.75, 3.05) is 13.2 Å². The summed E-state index contributed by atoms with van der Waals surface area (Å²) in [6, 6.07) is 0. The number of esters is 2. The predicted octanol–water partition coefficient (Wildman–Crippen LogP) is 3.96. The van der Waals surface area contributed by atoms with Crippen molar-refractivity contribution in [1.29, 1.82) is 0 Å². The minimum atomic E-state index is -0.204. The van der Waals surface area contributed by atoms with Gasteiger partial charge in [-0.3, -0.25) is 9.59 Å². The molecule has 23 heavy (non-hydrogen) atoms. The molecule has 2 atom stereocenters. The maximum Gasteiger partial charge on any atom is 0.305 e. The number of rotatable bonds is 8. The Labute approximate surface area is 138 Å². The molecule has 128 valence electrons. The van der Waals surface area contributed by atoms with Gasteiger partial charge in [0.25, 0.3) is 0 Å². The van der Waals surface area contributed by atoms with Gasteiger partial charge in [-0.05, 0) is 56.8 Å². The minimum Gasteiger partial charge on any atom is -0.465 e. The molecule has 0 N–H and O–H groups in total. The number of carbonyl (C=O) groups is 2. The van der Waals surface area contributed by atoms with Crippen LogP contribution in [0.5, 0.6) is 0 Å². The molecule has 0 saturated carbocycles. The Morgan fingerprint density at radius 2 is 1.26 bits per heavy atom. The molecule has 0 bridgehead atoms. The first-order chi connectivity index (χ1) is 11.2. The van der Waals surface area contributed by atoms with Gasteiger partial charge in [0.15, 0.2) is 0 Å². The van der Waals surface area contributed by atoms with Crippen molar-refractivity contribution in [3.63, 3.8) is 0 Å². The van der Waals surface area contributed by atoms with Crippen molar-refractivity contribution in [3.05, 3.63) is 24.3 Å². The Kier molecular flexibility index (Phi) is 7.91. The molecule has 0 aromatic rings. The highest BCUT2D eigenvalue weighted by molar-refractivity contribution is 5.72. The number of ether oxygens (including phenoxy) is 2. The predicted molar refractivity (Wildman–Crippen MR) is 88.7 cm³/mol. The maximum absolute atomic E-state index is 11.7. The van der Waals surface area contributed by atoms with Crippen molar-refractivity contribution in [3.8, 4) is 0 Å². The molecule has 0 spiro atoms. The van der Waals surface area contributed by atoms with E-state index >= 15 is 0 Å². The summed E-state index contributed by atoms with van der Waals surface area (Å²) in [7, 11) is 0. The van der Waals surface area contributed by atoms with E-state index in [4.69, 9.17) is 9.47 Å². The van der Waals surface area contributed by atoms with Crippen LogP contribution in [0.25, 0.3) is 0 Å². The molecule has 0 fully saturated rings. The smallest absolute Gasteiger partial charge is 0.305 e. The molecule has 2 aliphatic carbocycles. The van der Waals surface area contributed by atoms with Crippen LogP contribution in [0.1, 0.15) is 57.8 Å². The van der Waals surface area contributed by atoms with Crippen LogP contribution in [0.4, 0.5) is 0 Å². The quantitative estimate of drug-likeness (QED) is 0.502. The molecular formula is C19H28O4. The van der Waals surface area contributed by atoms with E-state index in [1.54, 1.807) is 0 Å². The molecule has 4 nitrogen and oxygen atoms in total. The zero-order valence-corrected chi connectivity index (χ0v) is 13.9. The summed E-state index contributed by atoms with van der Waals surface area (Å²) in [5, 5.41) is 0. The second kappa shape index (κ2) is 10.2. The zero-order chi connectivity index (χ0) is 16.3. The van der Waals surface area contributed by atoms with Crippen LogP contribution in [-0.4, -0.2) is 25.2 Å². The highest BCUT2D eigenvalue weighted by atomic mass is 16.5. The van der Waals surface area contributed by atoms with E-state index in [1.165, 1.54) is 0 Å². The van der Waals surface area contributed by atoms with Gasteiger partial charge in [0.2, 0.25) is 0 Å². The highest BCUT2D eigenvalue weighted by Gasteiger charge is 2.15. The molecular weight excluding hydrogens is 292 g/mol. The SMILES string of the molecule is O=C(CCCC(=O)OCC1CC=CCC1)OCC1CC=CCC1. The fraction of sp³-hybridized carbons (Fsp3) is 0.684. The Morgan fingerprint density at radius 3 is 1.65 bits per heavy atom. The fourth-order valence-electron chi connectivity index (χ4n) is 2.96. The Morgan fingerprint density at radius 1 is 0.783 bits per heavy atom. The van der Waals surface area contributed by atoms with Gasteiger partial charge >= 0.3 is 11.9 Å². The zero-order valence-electron chi connectivity index (χ0n) is 13.9. The molecule has 0 radical (unpaired) electrons. The van der Waals surface area contributed by atoms with E-state index in [1.807, 2.05) is 0 Å². The molecule has 4 heteroatoms. The minimum absolute atomic E-state index is 0.204. The van der Waals surface area contributed by atoms with E-state index in [0.717, 1.165) is 38.5 Å². The van der Waals surface area contributed by atoms with Crippen molar-refractivity contribution in [2.24, 2.45) is 11.8 Å². The number of carbonyl (C=O) groups excluding carboxylic acids is 2. The largest absolute Gasteiger partial charge is 0.465 e. The van der Waals surface area contributed by atoms with Crippen LogP contribution in [-0.2, 0) is 19.1 Å². The third kappa shape index (κ3) is 7.49. The van der Waals surface area contributed by atoms with Crippen LogP contribution in [0.2, 0.25) is 0 Å². The van der Waals surface area contributed by atoms with Crippen molar-refractivity contribution in [2.45, 2.75) is 57.8 Å². The van der Waals surface area contributed by atoms with Crippen molar-refractivity contribution >= 4 is 11.9 Å². The molecule has 0 heterocycles. The molecule has 0 aromatic carbocycles. The highest BCUT2D eigenvalue weighted by Crippen LogP contribution is 2.19.